The van der Waals surface area contributed by atoms with Crippen molar-refractivity contribution < 1.29 is 27.1 Å². The fourth-order valence-electron chi connectivity index (χ4n) is 3.68. The van der Waals surface area contributed by atoms with E-state index in [1.54, 1.807) is 24.0 Å². The van der Waals surface area contributed by atoms with Crippen LogP contribution in [0.15, 0.2) is 48.5 Å². The summed E-state index contributed by atoms with van der Waals surface area (Å²) in [5.41, 5.74) is 0.0989. The average Bonchev–Trinajstić information content (AvgIpc) is 2.85. The Morgan fingerprint density at radius 1 is 1.03 bits per heavy atom. The van der Waals surface area contributed by atoms with Crippen LogP contribution in [-0.2, 0) is 17.4 Å². The van der Waals surface area contributed by atoms with Crippen LogP contribution in [-0.4, -0.2) is 58.5 Å². The van der Waals surface area contributed by atoms with Gasteiger partial charge in [0.1, 0.15) is 5.82 Å². The molecule has 1 N–H and O–H groups in total. The van der Waals surface area contributed by atoms with Crippen LogP contribution in [0.4, 0.5) is 35.1 Å². The fraction of sp³-hybridized carbons (Fsp3) is 0.333. The van der Waals surface area contributed by atoms with Crippen molar-refractivity contribution in [2.24, 2.45) is 0 Å². The fourth-order valence-corrected chi connectivity index (χ4v) is 3.68. The highest BCUT2D eigenvalue weighted by Crippen LogP contribution is 2.31. The van der Waals surface area contributed by atoms with Crippen molar-refractivity contribution in [3.8, 4) is 6.01 Å². The third-order valence-corrected chi connectivity index (χ3v) is 5.51. The third-order valence-electron chi connectivity index (χ3n) is 5.51. The Bertz CT molecular complexity index is 1200. The Labute approximate surface area is 204 Å². The summed E-state index contributed by atoms with van der Waals surface area (Å²) >= 11 is 0. The largest absolute Gasteiger partial charge is 0.464 e. The van der Waals surface area contributed by atoms with Gasteiger partial charge in [0.15, 0.2) is 0 Å². The summed E-state index contributed by atoms with van der Waals surface area (Å²) in [5, 5.41) is 2.79. The number of halogens is 4. The smallest absolute Gasteiger partial charge is 0.416 e. The number of hydrogen-bond acceptors (Lipinski definition) is 7. The molecule has 8 nitrogen and oxygen atoms in total. The van der Waals surface area contributed by atoms with Gasteiger partial charge in [0, 0.05) is 31.9 Å². The monoisotopic (exact) mass is 504 g/mol. The summed E-state index contributed by atoms with van der Waals surface area (Å²) in [5.74, 6) is -0.101. The van der Waals surface area contributed by atoms with Crippen LogP contribution in [0.5, 0.6) is 6.01 Å². The van der Waals surface area contributed by atoms with Crippen molar-refractivity contribution in [1.29, 1.82) is 0 Å². The number of benzene rings is 2. The number of amides is 1. The molecule has 1 aliphatic heterocycles. The number of anilines is 3. The van der Waals surface area contributed by atoms with E-state index < -0.39 is 11.7 Å². The molecule has 190 valence electrons. The van der Waals surface area contributed by atoms with E-state index in [0.717, 1.165) is 17.7 Å². The molecule has 2 heterocycles. The number of hydrogen-bond donors (Lipinski definition) is 1. The lowest BCUT2D eigenvalue weighted by atomic mass is 10.1. The van der Waals surface area contributed by atoms with Crippen LogP contribution in [0.2, 0.25) is 0 Å². The highest BCUT2D eigenvalue weighted by atomic mass is 19.4. The van der Waals surface area contributed by atoms with Gasteiger partial charge in [-0.05, 0) is 42.8 Å². The second-order valence-electron chi connectivity index (χ2n) is 8.05. The number of nitrogens with one attached hydrogen (secondary N) is 1. The molecule has 0 radical (unpaired) electrons. The minimum absolute atomic E-state index is 0.0341. The van der Waals surface area contributed by atoms with Gasteiger partial charge in [-0.2, -0.15) is 28.1 Å². The Hall–Kier alpha value is -3.96. The molecule has 0 unspecified atom stereocenters. The minimum atomic E-state index is -4.48. The zero-order valence-corrected chi connectivity index (χ0v) is 19.4. The van der Waals surface area contributed by atoms with Gasteiger partial charge in [0.05, 0.1) is 18.6 Å². The molecular formula is C24H24F4N6O2. The van der Waals surface area contributed by atoms with Crippen molar-refractivity contribution in [3.63, 3.8) is 0 Å². The van der Waals surface area contributed by atoms with Gasteiger partial charge in [0.2, 0.25) is 17.8 Å². The molecule has 0 spiro atoms. The first-order chi connectivity index (χ1) is 17.2. The summed E-state index contributed by atoms with van der Waals surface area (Å²) < 4.78 is 57.7. The SMILES string of the molecule is CCOc1nc(Nc2cccc(C(F)(F)F)c2)nc(N2CCN(C(=O)Cc3ccc(F)cc3)CC2)n1. The normalized spacial score (nSPS) is 14.0. The first kappa shape index (κ1) is 25.1. The Balaban J connectivity index is 1.45. The van der Waals surface area contributed by atoms with Gasteiger partial charge in [-0.15, -0.1) is 0 Å². The molecule has 1 aliphatic rings. The molecule has 1 fully saturated rings. The zero-order valence-electron chi connectivity index (χ0n) is 19.4. The molecule has 3 aromatic rings. The molecule has 36 heavy (non-hydrogen) atoms. The van der Waals surface area contributed by atoms with Crippen LogP contribution >= 0.6 is 0 Å². The predicted octanol–water partition coefficient (Wildman–Crippen LogP) is 4.06. The molecular weight excluding hydrogens is 480 g/mol. The molecule has 1 saturated heterocycles. The van der Waals surface area contributed by atoms with E-state index in [2.05, 4.69) is 20.3 Å². The van der Waals surface area contributed by atoms with Crippen LogP contribution < -0.4 is 15.0 Å². The van der Waals surface area contributed by atoms with E-state index in [-0.39, 0.29) is 48.3 Å². The molecule has 12 heteroatoms. The first-order valence-corrected chi connectivity index (χ1v) is 11.3. The quantitative estimate of drug-likeness (QED) is 0.486. The second kappa shape index (κ2) is 10.8. The van der Waals surface area contributed by atoms with Gasteiger partial charge in [-0.1, -0.05) is 18.2 Å². The number of carbonyl (C=O) groups excluding carboxylic acids is 1. The summed E-state index contributed by atoms with van der Waals surface area (Å²) in [6, 6.07) is 10.6. The Kier molecular flexibility index (Phi) is 7.51. The van der Waals surface area contributed by atoms with Crippen molar-refractivity contribution >= 4 is 23.5 Å². The maximum absolute atomic E-state index is 13.1. The molecule has 4 rings (SSSR count). The summed E-state index contributed by atoms with van der Waals surface area (Å²) in [6.45, 7) is 3.77. The van der Waals surface area contributed by atoms with Crippen LogP contribution in [0.3, 0.4) is 0 Å². The first-order valence-electron chi connectivity index (χ1n) is 11.3. The lowest BCUT2D eigenvalue weighted by Gasteiger charge is -2.34. The lowest BCUT2D eigenvalue weighted by molar-refractivity contribution is -0.137. The van der Waals surface area contributed by atoms with E-state index in [4.69, 9.17) is 4.74 Å². The lowest BCUT2D eigenvalue weighted by Crippen LogP contribution is -2.49. The number of ether oxygens (including phenoxy) is 1. The standard InChI is InChI=1S/C24H24F4N6O2/c1-2-36-23-31-21(29-19-5-3-4-17(15-19)24(26,27)28)30-22(32-23)34-12-10-33(11-13-34)20(35)14-16-6-8-18(25)9-7-16/h3-9,15H,2,10-14H2,1H3,(H,29,30,31,32). The van der Waals surface area contributed by atoms with Crippen molar-refractivity contribution in [2.75, 3.05) is 43.0 Å². The van der Waals surface area contributed by atoms with Crippen molar-refractivity contribution in [3.05, 3.63) is 65.5 Å². The number of alkyl halides is 3. The molecule has 1 amide bonds. The summed E-state index contributed by atoms with van der Waals surface area (Å²) in [6.07, 6.45) is -4.31. The predicted molar refractivity (Wildman–Crippen MR) is 125 cm³/mol. The second-order valence-corrected chi connectivity index (χ2v) is 8.05. The maximum atomic E-state index is 13.1. The van der Waals surface area contributed by atoms with Gasteiger partial charge < -0.3 is 19.9 Å². The number of aromatic nitrogens is 3. The van der Waals surface area contributed by atoms with Crippen LogP contribution in [0.1, 0.15) is 18.1 Å². The van der Waals surface area contributed by atoms with Crippen molar-refractivity contribution in [1.82, 2.24) is 19.9 Å². The summed E-state index contributed by atoms with van der Waals surface area (Å²) in [7, 11) is 0. The van der Waals surface area contributed by atoms with Gasteiger partial charge in [-0.3, -0.25) is 4.79 Å². The Morgan fingerprint density at radius 2 is 1.75 bits per heavy atom. The number of piperazine rings is 1. The minimum Gasteiger partial charge on any atom is -0.464 e. The van der Waals surface area contributed by atoms with E-state index in [9.17, 15) is 22.4 Å². The number of carbonyl (C=O) groups is 1. The van der Waals surface area contributed by atoms with Gasteiger partial charge in [-0.25, -0.2) is 4.39 Å². The van der Waals surface area contributed by atoms with Crippen LogP contribution in [0.25, 0.3) is 0 Å². The Morgan fingerprint density at radius 3 is 2.42 bits per heavy atom. The molecule has 0 aliphatic carbocycles. The van der Waals surface area contributed by atoms with Gasteiger partial charge in [0.25, 0.3) is 0 Å². The number of nitrogens with zero attached hydrogens (tertiary/aromatic N) is 5. The number of rotatable bonds is 7. The highest BCUT2D eigenvalue weighted by molar-refractivity contribution is 5.79. The van der Waals surface area contributed by atoms with E-state index in [0.29, 0.717) is 26.2 Å². The topological polar surface area (TPSA) is 83.5 Å². The summed E-state index contributed by atoms with van der Waals surface area (Å²) in [4.78, 5) is 29.0. The molecule has 0 saturated carbocycles. The van der Waals surface area contributed by atoms with E-state index in [1.807, 2.05) is 4.90 Å². The van der Waals surface area contributed by atoms with Crippen molar-refractivity contribution in [2.45, 2.75) is 19.5 Å². The van der Waals surface area contributed by atoms with Crippen LogP contribution in [0, 0.1) is 5.82 Å². The molecule has 0 atom stereocenters. The molecule has 0 bridgehead atoms. The zero-order chi connectivity index (χ0) is 25.7. The van der Waals surface area contributed by atoms with Gasteiger partial charge >= 0.3 is 12.2 Å². The highest BCUT2D eigenvalue weighted by Gasteiger charge is 2.30. The van der Waals surface area contributed by atoms with E-state index >= 15 is 0 Å². The molecule has 2 aromatic carbocycles. The molecule has 1 aromatic heterocycles. The third kappa shape index (κ3) is 6.37. The van der Waals surface area contributed by atoms with E-state index in [1.165, 1.54) is 24.3 Å². The average molecular weight is 504 g/mol. The maximum Gasteiger partial charge on any atom is 0.416 e.